The standard InChI is InChI=1S/C11H17NO5S/c1-8-3-4-11(17-8)18(14,15)12-6-10(16-2)5-9(12)7-13/h3-4,9-10,13H,5-7H2,1-2H3/t9-,10+/m0/s1. The van der Waals surface area contributed by atoms with Crippen molar-refractivity contribution in [2.75, 3.05) is 20.3 Å². The first-order chi connectivity index (χ1) is 8.48. The van der Waals surface area contributed by atoms with Gasteiger partial charge in [-0.1, -0.05) is 0 Å². The highest BCUT2D eigenvalue weighted by Crippen LogP contribution is 2.28. The summed E-state index contributed by atoms with van der Waals surface area (Å²) in [7, 11) is -2.16. The fourth-order valence-electron chi connectivity index (χ4n) is 2.14. The number of sulfonamides is 1. The van der Waals surface area contributed by atoms with Crippen LogP contribution in [0.2, 0.25) is 0 Å². The Morgan fingerprint density at radius 2 is 2.28 bits per heavy atom. The second kappa shape index (κ2) is 5.00. The summed E-state index contributed by atoms with van der Waals surface area (Å²) in [5, 5.41) is 9.19. The maximum atomic E-state index is 12.3. The molecule has 1 saturated heterocycles. The summed E-state index contributed by atoms with van der Waals surface area (Å²) >= 11 is 0. The van der Waals surface area contributed by atoms with Crippen LogP contribution in [0.5, 0.6) is 0 Å². The molecule has 1 aromatic rings. The molecule has 6 nitrogen and oxygen atoms in total. The first kappa shape index (κ1) is 13.5. The van der Waals surface area contributed by atoms with Crippen LogP contribution in [0, 0.1) is 6.92 Å². The monoisotopic (exact) mass is 275 g/mol. The van der Waals surface area contributed by atoms with Crippen molar-refractivity contribution in [3.63, 3.8) is 0 Å². The van der Waals surface area contributed by atoms with Crippen LogP contribution in [0.1, 0.15) is 12.2 Å². The fourth-order valence-corrected chi connectivity index (χ4v) is 3.76. The maximum absolute atomic E-state index is 12.3. The van der Waals surface area contributed by atoms with Gasteiger partial charge in [0.05, 0.1) is 18.8 Å². The third-order valence-corrected chi connectivity index (χ3v) is 4.94. The van der Waals surface area contributed by atoms with Gasteiger partial charge in [-0.2, -0.15) is 4.31 Å². The lowest BCUT2D eigenvalue weighted by atomic mass is 10.2. The van der Waals surface area contributed by atoms with Gasteiger partial charge in [0.25, 0.3) is 10.0 Å². The van der Waals surface area contributed by atoms with Crippen LogP contribution in [-0.2, 0) is 14.8 Å². The Kier molecular flexibility index (Phi) is 3.76. The minimum atomic E-state index is -3.70. The zero-order valence-electron chi connectivity index (χ0n) is 10.4. The molecule has 1 fully saturated rings. The minimum Gasteiger partial charge on any atom is -0.449 e. The van der Waals surface area contributed by atoms with Gasteiger partial charge < -0.3 is 14.3 Å². The van der Waals surface area contributed by atoms with Gasteiger partial charge in [-0.25, -0.2) is 8.42 Å². The highest BCUT2D eigenvalue weighted by Gasteiger charge is 2.41. The molecule has 0 spiro atoms. The van der Waals surface area contributed by atoms with E-state index >= 15 is 0 Å². The molecule has 102 valence electrons. The van der Waals surface area contributed by atoms with Crippen molar-refractivity contribution in [1.82, 2.24) is 4.31 Å². The number of ether oxygens (including phenoxy) is 1. The lowest BCUT2D eigenvalue weighted by molar-refractivity contribution is 0.113. The summed E-state index contributed by atoms with van der Waals surface area (Å²) in [6, 6.07) is 2.58. The van der Waals surface area contributed by atoms with Crippen molar-refractivity contribution >= 4 is 10.0 Å². The van der Waals surface area contributed by atoms with Crippen LogP contribution < -0.4 is 0 Å². The molecule has 18 heavy (non-hydrogen) atoms. The lowest BCUT2D eigenvalue weighted by Gasteiger charge is -2.20. The van der Waals surface area contributed by atoms with E-state index in [2.05, 4.69) is 0 Å². The van der Waals surface area contributed by atoms with Crippen LogP contribution in [0.3, 0.4) is 0 Å². The van der Waals surface area contributed by atoms with Crippen molar-refractivity contribution in [2.24, 2.45) is 0 Å². The molecule has 0 saturated carbocycles. The van der Waals surface area contributed by atoms with E-state index in [0.717, 1.165) is 0 Å². The Morgan fingerprint density at radius 1 is 1.56 bits per heavy atom. The normalized spacial score (nSPS) is 25.7. The Balaban J connectivity index is 2.29. The molecule has 0 bridgehead atoms. The summed E-state index contributed by atoms with van der Waals surface area (Å²) in [6.45, 7) is 1.70. The van der Waals surface area contributed by atoms with Crippen LogP contribution in [0.15, 0.2) is 21.6 Å². The van der Waals surface area contributed by atoms with Crippen LogP contribution in [0.25, 0.3) is 0 Å². The highest BCUT2D eigenvalue weighted by atomic mass is 32.2. The molecule has 1 aliphatic rings. The Bertz CT molecular complexity index is 509. The SMILES string of the molecule is CO[C@@H]1C[C@@H](CO)N(S(=O)(=O)c2ccc(C)o2)C1. The molecular formula is C11H17NO5S. The second-order valence-electron chi connectivity index (χ2n) is 4.37. The Morgan fingerprint density at radius 3 is 2.78 bits per heavy atom. The average molecular weight is 275 g/mol. The molecule has 2 rings (SSSR count). The molecule has 0 aromatic carbocycles. The Labute approximate surface area is 106 Å². The number of aryl methyl sites for hydroxylation is 1. The van der Waals surface area contributed by atoms with Crippen molar-refractivity contribution in [1.29, 1.82) is 0 Å². The smallest absolute Gasteiger partial charge is 0.276 e. The summed E-state index contributed by atoms with van der Waals surface area (Å²) < 4.78 is 36.3. The average Bonchev–Trinajstić information content (AvgIpc) is 2.94. The number of furan rings is 1. The zero-order chi connectivity index (χ0) is 13.3. The van der Waals surface area contributed by atoms with Crippen LogP contribution in [0.4, 0.5) is 0 Å². The molecule has 1 aromatic heterocycles. The third-order valence-electron chi connectivity index (χ3n) is 3.15. The van der Waals surface area contributed by atoms with Gasteiger partial charge in [0.1, 0.15) is 5.76 Å². The molecule has 0 amide bonds. The van der Waals surface area contributed by atoms with Crippen molar-refractivity contribution < 1.29 is 22.7 Å². The molecule has 0 radical (unpaired) electrons. The molecule has 2 heterocycles. The predicted molar refractivity (Wildman–Crippen MR) is 63.6 cm³/mol. The number of aliphatic hydroxyl groups excluding tert-OH is 1. The Hall–Kier alpha value is -0.890. The van der Waals surface area contributed by atoms with Gasteiger partial charge in [0.2, 0.25) is 5.09 Å². The van der Waals surface area contributed by atoms with E-state index in [0.29, 0.717) is 12.2 Å². The predicted octanol–water partition coefficient (Wildman–Crippen LogP) is 0.358. The molecule has 0 aliphatic carbocycles. The highest BCUT2D eigenvalue weighted by molar-refractivity contribution is 7.89. The van der Waals surface area contributed by atoms with Crippen molar-refractivity contribution in [2.45, 2.75) is 30.6 Å². The number of hydrogen-bond donors (Lipinski definition) is 1. The van der Waals surface area contributed by atoms with Crippen LogP contribution in [-0.4, -0.2) is 50.2 Å². The molecule has 1 aliphatic heterocycles. The summed E-state index contributed by atoms with van der Waals surface area (Å²) in [6.07, 6.45) is 0.305. The summed E-state index contributed by atoms with van der Waals surface area (Å²) in [5.41, 5.74) is 0. The van der Waals surface area contributed by atoms with Gasteiger partial charge in [-0.05, 0) is 25.5 Å². The number of nitrogens with zero attached hydrogens (tertiary/aromatic N) is 1. The third kappa shape index (κ3) is 2.31. The van der Waals surface area contributed by atoms with Gasteiger partial charge in [0.15, 0.2) is 0 Å². The first-order valence-electron chi connectivity index (χ1n) is 5.71. The minimum absolute atomic E-state index is 0.0878. The van der Waals surface area contributed by atoms with Gasteiger partial charge >= 0.3 is 0 Å². The quantitative estimate of drug-likeness (QED) is 0.858. The molecular weight excluding hydrogens is 258 g/mol. The van der Waals surface area contributed by atoms with E-state index in [1.165, 1.54) is 17.5 Å². The van der Waals surface area contributed by atoms with Gasteiger partial charge in [-0.15, -0.1) is 0 Å². The van der Waals surface area contributed by atoms with E-state index < -0.39 is 16.1 Å². The van der Waals surface area contributed by atoms with E-state index in [1.807, 2.05) is 0 Å². The lowest BCUT2D eigenvalue weighted by Crippen LogP contribution is -2.37. The molecule has 0 unspecified atom stereocenters. The number of rotatable bonds is 4. The largest absolute Gasteiger partial charge is 0.449 e. The van der Waals surface area contributed by atoms with Crippen molar-refractivity contribution in [3.8, 4) is 0 Å². The van der Waals surface area contributed by atoms with Gasteiger partial charge in [-0.3, -0.25) is 0 Å². The molecule has 1 N–H and O–H groups in total. The number of aliphatic hydroxyl groups is 1. The van der Waals surface area contributed by atoms with Crippen LogP contribution >= 0.6 is 0 Å². The van der Waals surface area contributed by atoms with E-state index in [9.17, 15) is 13.5 Å². The first-order valence-corrected chi connectivity index (χ1v) is 7.15. The fraction of sp³-hybridized carbons (Fsp3) is 0.636. The topological polar surface area (TPSA) is 80.0 Å². The summed E-state index contributed by atoms with van der Waals surface area (Å²) in [5.74, 6) is 0.539. The van der Waals surface area contributed by atoms with Gasteiger partial charge in [0, 0.05) is 13.7 Å². The van der Waals surface area contributed by atoms with Crippen molar-refractivity contribution in [3.05, 3.63) is 17.9 Å². The van der Waals surface area contributed by atoms with E-state index in [1.54, 1.807) is 13.0 Å². The second-order valence-corrected chi connectivity index (χ2v) is 6.19. The summed E-state index contributed by atoms with van der Waals surface area (Å²) in [4.78, 5) is 0. The zero-order valence-corrected chi connectivity index (χ0v) is 11.2. The maximum Gasteiger partial charge on any atom is 0.276 e. The molecule has 2 atom stereocenters. The number of hydrogen-bond acceptors (Lipinski definition) is 5. The molecule has 7 heteroatoms. The van der Waals surface area contributed by atoms with E-state index in [4.69, 9.17) is 9.15 Å². The van der Waals surface area contributed by atoms with E-state index in [-0.39, 0.29) is 24.3 Å². The number of methoxy groups -OCH3 is 1.